The van der Waals surface area contributed by atoms with Crippen LogP contribution in [-0.4, -0.2) is 25.7 Å². The van der Waals surface area contributed by atoms with E-state index in [1.807, 2.05) is 32.9 Å². The number of carbonyl (C=O) groups excluding carboxylic acids is 1. The summed E-state index contributed by atoms with van der Waals surface area (Å²) in [6.07, 6.45) is 0.103. The van der Waals surface area contributed by atoms with E-state index in [0.29, 0.717) is 24.5 Å². The zero-order valence-corrected chi connectivity index (χ0v) is 15.2. The van der Waals surface area contributed by atoms with Gasteiger partial charge in [-0.15, -0.1) is 0 Å². The van der Waals surface area contributed by atoms with Gasteiger partial charge >= 0.3 is 0 Å². The molecule has 0 aliphatic heterocycles. The van der Waals surface area contributed by atoms with E-state index in [4.69, 9.17) is 14.2 Å². The Balaban J connectivity index is 2.15. The molecule has 2 aromatic rings. The van der Waals surface area contributed by atoms with E-state index in [0.717, 1.165) is 17.1 Å². The first kappa shape index (κ1) is 18.8. The van der Waals surface area contributed by atoms with Crippen molar-refractivity contribution in [1.82, 2.24) is 0 Å². The molecule has 134 valence electrons. The first-order valence-corrected chi connectivity index (χ1v) is 8.36. The van der Waals surface area contributed by atoms with Crippen LogP contribution in [-0.2, 0) is 11.3 Å². The quantitative estimate of drug-likeness (QED) is 0.777. The highest BCUT2D eigenvalue weighted by molar-refractivity contribution is 6.04. The third-order valence-corrected chi connectivity index (χ3v) is 3.54. The molecule has 0 aliphatic rings. The van der Waals surface area contributed by atoms with Crippen molar-refractivity contribution in [3.05, 3.63) is 53.6 Å². The molecule has 1 amide bonds. The average Bonchev–Trinajstić information content (AvgIpc) is 2.61. The van der Waals surface area contributed by atoms with Crippen LogP contribution in [0.25, 0.3) is 0 Å². The molecule has 5 heteroatoms. The van der Waals surface area contributed by atoms with Crippen molar-refractivity contribution in [2.45, 2.75) is 33.5 Å². The Hall–Kier alpha value is -2.53. The van der Waals surface area contributed by atoms with Crippen LogP contribution >= 0.6 is 0 Å². The summed E-state index contributed by atoms with van der Waals surface area (Å²) in [6.45, 7) is 6.83. The molecule has 5 nitrogen and oxygen atoms in total. The van der Waals surface area contributed by atoms with Crippen LogP contribution in [0.1, 0.15) is 36.7 Å². The van der Waals surface area contributed by atoms with Gasteiger partial charge in [0.2, 0.25) is 0 Å². The third-order valence-electron chi connectivity index (χ3n) is 3.54. The Morgan fingerprint density at radius 1 is 1.12 bits per heavy atom. The molecule has 0 aliphatic carbocycles. The number of rotatable bonds is 8. The Morgan fingerprint density at radius 3 is 2.44 bits per heavy atom. The van der Waals surface area contributed by atoms with E-state index in [1.165, 1.54) is 0 Å². The van der Waals surface area contributed by atoms with E-state index < -0.39 is 0 Å². The van der Waals surface area contributed by atoms with Gasteiger partial charge < -0.3 is 19.5 Å². The maximum absolute atomic E-state index is 12.5. The first-order chi connectivity index (χ1) is 12.0. The normalized spacial score (nSPS) is 10.6. The fourth-order valence-electron chi connectivity index (χ4n) is 2.26. The number of benzene rings is 2. The highest BCUT2D eigenvalue weighted by atomic mass is 16.5. The van der Waals surface area contributed by atoms with Crippen molar-refractivity contribution in [1.29, 1.82) is 0 Å². The summed E-state index contributed by atoms with van der Waals surface area (Å²) in [4.78, 5) is 12.5. The lowest BCUT2D eigenvalue weighted by Gasteiger charge is -2.14. The predicted molar refractivity (Wildman–Crippen MR) is 98.5 cm³/mol. The monoisotopic (exact) mass is 343 g/mol. The van der Waals surface area contributed by atoms with E-state index in [9.17, 15) is 4.79 Å². The van der Waals surface area contributed by atoms with Crippen molar-refractivity contribution in [3.8, 4) is 11.5 Å². The molecule has 0 heterocycles. The molecule has 2 rings (SSSR count). The summed E-state index contributed by atoms with van der Waals surface area (Å²) in [6, 6.07) is 12.6. The Bertz CT molecular complexity index is 695. The number of carbonyl (C=O) groups is 1. The highest BCUT2D eigenvalue weighted by Gasteiger charge is 2.12. The van der Waals surface area contributed by atoms with Crippen LogP contribution in [0.3, 0.4) is 0 Å². The standard InChI is InChI=1S/C20H25NO4/c1-5-24-19-11-6-15(12-16(19)13-25-14(2)3)20(22)21-17-7-9-18(23-4)10-8-17/h6-12,14H,5,13H2,1-4H3,(H,21,22). The number of nitrogens with one attached hydrogen (secondary N) is 1. The largest absolute Gasteiger partial charge is 0.497 e. The lowest BCUT2D eigenvalue weighted by atomic mass is 10.1. The molecule has 1 N–H and O–H groups in total. The third kappa shape index (κ3) is 5.50. The second-order valence-electron chi connectivity index (χ2n) is 5.80. The molecular weight excluding hydrogens is 318 g/mol. The van der Waals surface area contributed by atoms with Crippen LogP contribution in [0.15, 0.2) is 42.5 Å². The fourth-order valence-corrected chi connectivity index (χ4v) is 2.26. The topological polar surface area (TPSA) is 56.8 Å². The lowest BCUT2D eigenvalue weighted by molar-refractivity contribution is 0.0641. The van der Waals surface area contributed by atoms with Gasteiger partial charge in [-0.3, -0.25) is 4.79 Å². The van der Waals surface area contributed by atoms with Gasteiger partial charge in [0.15, 0.2) is 0 Å². The minimum absolute atomic E-state index is 0.103. The molecule has 0 unspecified atom stereocenters. The fraction of sp³-hybridized carbons (Fsp3) is 0.350. The molecule has 0 aromatic heterocycles. The highest BCUT2D eigenvalue weighted by Crippen LogP contribution is 2.23. The molecule has 25 heavy (non-hydrogen) atoms. The zero-order chi connectivity index (χ0) is 18.2. The maximum Gasteiger partial charge on any atom is 0.255 e. The van der Waals surface area contributed by atoms with E-state index >= 15 is 0 Å². The van der Waals surface area contributed by atoms with E-state index in [2.05, 4.69) is 5.32 Å². The van der Waals surface area contributed by atoms with E-state index in [1.54, 1.807) is 37.4 Å². The average molecular weight is 343 g/mol. The summed E-state index contributed by atoms with van der Waals surface area (Å²) in [5.41, 5.74) is 2.12. The lowest BCUT2D eigenvalue weighted by Crippen LogP contribution is -2.13. The SMILES string of the molecule is CCOc1ccc(C(=O)Nc2ccc(OC)cc2)cc1COC(C)C. The van der Waals surface area contributed by atoms with Crippen molar-refractivity contribution >= 4 is 11.6 Å². The van der Waals surface area contributed by atoms with Crippen LogP contribution in [0.4, 0.5) is 5.69 Å². The van der Waals surface area contributed by atoms with Gasteiger partial charge in [-0.05, 0) is 63.2 Å². The summed E-state index contributed by atoms with van der Waals surface area (Å²) in [7, 11) is 1.61. The summed E-state index contributed by atoms with van der Waals surface area (Å²) >= 11 is 0. The molecule has 0 atom stereocenters. The predicted octanol–water partition coefficient (Wildman–Crippen LogP) is 4.27. The molecule has 0 spiro atoms. The van der Waals surface area contributed by atoms with Crippen molar-refractivity contribution < 1.29 is 19.0 Å². The van der Waals surface area contributed by atoms with Crippen molar-refractivity contribution in [3.63, 3.8) is 0 Å². The van der Waals surface area contributed by atoms with Crippen LogP contribution < -0.4 is 14.8 Å². The van der Waals surface area contributed by atoms with Crippen LogP contribution in [0.2, 0.25) is 0 Å². The molecule has 0 saturated carbocycles. The smallest absolute Gasteiger partial charge is 0.255 e. The number of hydrogen-bond donors (Lipinski definition) is 1. The van der Waals surface area contributed by atoms with Gasteiger partial charge in [0, 0.05) is 16.8 Å². The maximum atomic E-state index is 12.5. The minimum Gasteiger partial charge on any atom is -0.497 e. The summed E-state index contributed by atoms with van der Waals surface area (Å²) in [5, 5.41) is 2.88. The molecule has 2 aromatic carbocycles. The van der Waals surface area contributed by atoms with E-state index in [-0.39, 0.29) is 12.0 Å². The van der Waals surface area contributed by atoms with Gasteiger partial charge in [-0.1, -0.05) is 0 Å². The summed E-state index contributed by atoms with van der Waals surface area (Å²) < 4.78 is 16.4. The second-order valence-corrected chi connectivity index (χ2v) is 5.80. The summed E-state index contributed by atoms with van der Waals surface area (Å²) in [5.74, 6) is 1.30. The van der Waals surface area contributed by atoms with Crippen molar-refractivity contribution in [2.24, 2.45) is 0 Å². The molecular formula is C20H25NO4. The van der Waals surface area contributed by atoms with Gasteiger partial charge in [0.25, 0.3) is 5.91 Å². The van der Waals surface area contributed by atoms with Gasteiger partial charge in [0.05, 0.1) is 26.4 Å². The first-order valence-electron chi connectivity index (χ1n) is 8.36. The Morgan fingerprint density at radius 2 is 1.84 bits per heavy atom. The van der Waals surface area contributed by atoms with Gasteiger partial charge in [0.1, 0.15) is 11.5 Å². The zero-order valence-electron chi connectivity index (χ0n) is 15.2. The number of amides is 1. The number of methoxy groups -OCH3 is 1. The number of anilines is 1. The molecule has 0 saturated heterocycles. The van der Waals surface area contributed by atoms with Crippen molar-refractivity contribution in [2.75, 3.05) is 19.0 Å². The van der Waals surface area contributed by atoms with Gasteiger partial charge in [-0.2, -0.15) is 0 Å². The Labute approximate surface area is 148 Å². The minimum atomic E-state index is -0.181. The van der Waals surface area contributed by atoms with Crippen LogP contribution in [0.5, 0.6) is 11.5 Å². The number of hydrogen-bond acceptors (Lipinski definition) is 4. The Kier molecular flexibility index (Phi) is 6.83. The molecule has 0 fully saturated rings. The van der Waals surface area contributed by atoms with Crippen LogP contribution in [0, 0.1) is 0 Å². The molecule has 0 radical (unpaired) electrons. The van der Waals surface area contributed by atoms with Gasteiger partial charge in [-0.25, -0.2) is 0 Å². The second kappa shape index (κ2) is 9.08. The number of ether oxygens (including phenoxy) is 3. The molecule has 0 bridgehead atoms.